The molecule has 0 bridgehead atoms. The lowest BCUT2D eigenvalue weighted by Gasteiger charge is -2.34. The van der Waals surface area contributed by atoms with Gasteiger partial charge in [-0.15, -0.1) is 11.8 Å². The summed E-state index contributed by atoms with van der Waals surface area (Å²) in [7, 11) is 0. The van der Waals surface area contributed by atoms with Crippen molar-refractivity contribution in [3.05, 3.63) is 59.7 Å². The molecule has 6 nitrogen and oxygen atoms in total. The van der Waals surface area contributed by atoms with Crippen molar-refractivity contribution >= 4 is 35.2 Å². The Kier molecular flexibility index (Phi) is 8.95. The molecule has 0 heterocycles. The Hall–Kier alpha value is -2.80. The number of hydrogen-bond acceptors (Lipinski definition) is 5. The molecule has 0 radical (unpaired) electrons. The summed E-state index contributed by atoms with van der Waals surface area (Å²) in [5.74, 6) is 0.104. The fraction of sp³-hybridized carbons (Fsp3) is 0.423. The van der Waals surface area contributed by atoms with E-state index in [-0.39, 0.29) is 30.2 Å². The highest BCUT2D eigenvalue weighted by molar-refractivity contribution is 8.00. The van der Waals surface area contributed by atoms with Crippen LogP contribution in [0.3, 0.4) is 0 Å². The van der Waals surface area contributed by atoms with E-state index in [4.69, 9.17) is 4.74 Å². The number of aryl methyl sites for hydroxylation is 1. The number of hydrogen-bond donors (Lipinski definition) is 2. The fourth-order valence-corrected chi connectivity index (χ4v) is 4.82. The van der Waals surface area contributed by atoms with Gasteiger partial charge in [-0.05, 0) is 49.4 Å². The molecule has 1 saturated carbocycles. The molecule has 0 aliphatic heterocycles. The van der Waals surface area contributed by atoms with Gasteiger partial charge in [-0.25, -0.2) is 4.79 Å². The average Bonchev–Trinajstić information content (AvgIpc) is 2.81. The molecule has 2 N–H and O–H groups in total. The Morgan fingerprint density at radius 2 is 1.73 bits per heavy atom. The monoisotopic (exact) mass is 468 g/mol. The van der Waals surface area contributed by atoms with E-state index in [1.165, 1.54) is 18.2 Å². The molecular weight excluding hydrogens is 436 g/mol. The summed E-state index contributed by atoms with van der Waals surface area (Å²) >= 11 is 1.26. The first-order valence-corrected chi connectivity index (χ1v) is 12.4. The minimum atomic E-state index is -0.572. The molecule has 2 aromatic carbocycles. The van der Waals surface area contributed by atoms with Crippen LogP contribution in [-0.2, 0) is 14.3 Å². The molecule has 2 amide bonds. The van der Waals surface area contributed by atoms with E-state index in [1.54, 1.807) is 24.3 Å². The highest BCUT2D eigenvalue weighted by Crippen LogP contribution is 2.29. The first kappa shape index (κ1) is 24.8. The SMILES string of the molecule is Cc1ccc(NC(=O)CSc2ccccc2C(=O)OCC(=O)N[C@@H]2CCC[C@H](C)[C@@H]2C)cc1. The molecule has 7 heteroatoms. The predicted octanol–water partition coefficient (Wildman–Crippen LogP) is 4.82. The highest BCUT2D eigenvalue weighted by atomic mass is 32.2. The van der Waals surface area contributed by atoms with Crippen LogP contribution in [0.1, 0.15) is 49.0 Å². The van der Waals surface area contributed by atoms with Crippen LogP contribution in [0, 0.1) is 18.8 Å². The molecule has 0 saturated heterocycles. The molecule has 3 atom stereocenters. The van der Waals surface area contributed by atoms with E-state index in [0.29, 0.717) is 22.3 Å². The van der Waals surface area contributed by atoms with Gasteiger partial charge in [-0.2, -0.15) is 0 Å². The first-order chi connectivity index (χ1) is 15.8. The minimum Gasteiger partial charge on any atom is -0.452 e. The number of benzene rings is 2. The second-order valence-corrected chi connectivity index (χ2v) is 9.73. The van der Waals surface area contributed by atoms with Crippen molar-refractivity contribution < 1.29 is 19.1 Å². The Morgan fingerprint density at radius 3 is 2.48 bits per heavy atom. The molecule has 1 fully saturated rings. The van der Waals surface area contributed by atoms with Crippen LogP contribution in [0.5, 0.6) is 0 Å². The van der Waals surface area contributed by atoms with Gasteiger partial charge in [0.15, 0.2) is 6.61 Å². The third-order valence-electron chi connectivity index (χ3n) is 6.19. The van der Waals surface area contributed by atoms with Gasteiger partial charge < -0.3 is 15.4 Å². The van der Waals surface area contributed by atoms with E-state index < -0.39 is 5.97 Å². The van der Waals surface area contributed by atoms with E-state index >= 15 is 0 Å². The van der Waals surface area contributed by atoms with Gasteiger partial charge >= 0.3 is 5.97 Å². The Balaban J connectivity index is 1.50. The van der Waals surface area contributed by atoms with Crippen LogP contribution >= 0.6 is 11.8 Å². The summed E-state index contributed by atoms with van der Waals surface area (Å²) in [6.45, 7) is 6.03. The van der Waals surface area contributed by atoms with Crippen LogP contribution < -0.4 is 10.6 Å². The molecule has 0 spiro atoms. The summed E-state index contributed by atoms with van der Waals surface area (Å²) in [5, 5.41) is 5.86. The van der Waals surface area contributed by atoms with Gasteiger partial charge in [0, 0.05) is 16.6 Å². The minimum absolute atomic E-state index is 0.120. The number of carbonyl (C=O) groups is 3. The second-order valence-electron chi connectivity index (χ2n) is 8.72. The van der Waals surface area contributed by atoms with Gasteiger partial charge in [0.1, 0.15) is 0 Å². The van der Waals surface area contributed by atoms with Gasteiger partial charge in [0.05, 0.1) is 11.3 Å². The quantitative estimate of drug-likeness (QED) is 0.428. The van der Waals surface area contributed by atoms with Crippen molar-refractivity contribution in [3.63, 3.8) is 0 Å². The molecule has 3 rings (SSSR count). The topological polar surface area (TPSA) is 84.5 Å². The predicted molar refractivity (Wildman–Crippen MR) is 131 cm³/mol. The smallest absolute Gasteiger partial charge is 0.339 e. The van der Waals surface area contributed by atoms with Gasteiger partial charge in [0.2, 0.25) is 5.91 Å². The van der Waals surface area contributed by atoms with Gasteiger partial charge in [-0.1, -0.05) is 56.5 Å². The molecular formula is C26H32N2O4S. The van der Waals surface area contributed by atoms with Crippen molar-refractivity contribution in [1.29, 1.82) is 0 Å². The average molecular weight is 469 g/mol. The third kappa shape index (κ3) is 7.35. The van der Waals surface area contributed by atoms with Crippen molar-refractivity contribution in [3.8, 4) is 0 Å². The maximum absolute atomic E-state index is 12.6. The van der Waals surface area contributed by atoms with Crippen molar-refractivity contribution in [1.82, 2.24) is 5.32 Å². The van der Waals surface area contributed by atoms with Gasteiger partial charge in [0.25, 0.3) is 5.91 Å². The summed E-state index contributed by atoms with van der Waals surface area (Å²) in [6, 6.07) is 14.6. The standard InChI is InChI=1S/C26H32N2O4S/c1-17-11-13-20(14-12-17)27-25(30)16-33-23-10-5-4-8-21(23)26(31)32-15-24(29)28-22-9-6-7-18(2)19(22)3/h4-5,8,10-14,18-19,22H,6-7,9,15-16H2,1-3H3,(H,27,30)(H,28,29)/t18-,19-,22+/m0/s1. The number of thioether (sulfide) groups is 1. The zero-order valence-corrected chi connectivity index (χ0v) is 20.2. The van der Waals surface area contributed by atoms with Crippen LogP contribution in [0.15, 0.2) is 53.4 Å². The van der Waals surface area contributed by atoms with Crippen LogP contribution in [0.2, 0.25) is 0 Å². The number of esters is 1. The lowest BCUT2D eigenvalue weighted by molar-refractivity contribution is -0.125. The molecule has 0 unspecified atom stereocenters. The molecule has 1 aliphatic carbocycles. The van der Waals surface area contributed by atoms with E-state index in [0.717, 1.165) is 24.1 Å². The second kappa shape index (κ2) is 11.9. The Bertz CT molecular complexity index is 977. The summed E-state index contributed by atoms with van der Waals surface area (Å²) in [6.07, 6.45) is 3.23. The van der Waals surface area contributed by atoms with Crippen molar-refractivity contribution in [2.45, 2.75) is 51.0 Å². The molecule has 0 aromatic heterocycles. The lowest BCUT2D eigenvalue weighted by Crippen LogP contribution is -2.45. The zero-order valence-electron chi connectivity index (χ0n) is 19.4. The normalized spacial score (nSPS) is 20.0. The lowest BCUT2D eigenvalue weighted by atomic mass is 9.78. The number of rotatable bonds is 8. The number of ether oxygens (including phenoxy) is 1. The van der Waals surface area contributed by atoms with E-state index in [1.807, 2.05) is 31.2 Å². The van der Waals surface area contributed by atoms with Crippen molar-refractivity contribution in [2.24, 2.45) is 11.8 Å². The number of carbonyl (C=O) groups excluding carboxylic acids is 3. The summed E-state index contributed by atoms with van der Waals surface area (Å²) < 4.78 is 5.28. The Morgan fingerprint density at radius 1 is 1.00 bits per heavy atom. The van der Waals surface area contributed by atoms with Crippen LogP contribution in [0.4, 0.5) is 5.69 Å². The number of nitrogens with one attached hydrogen (secondary N) is 2. The molecule has 33 heavy (non-hydrogen) atoms. The van der Waals surface area contributed by atoms with E-state index in [2.05, 4.69) is 24.5 Å². The first-order valence-electron chi connectivity index (χ1n) is 11.4. The molecule has 1 aliphatic rings. The summed E-state index contributed by atoms with van der Waals surface area (Å²) in [5.41, 5.74) is 2.19. The maximum atomic E-state index is 12.6. The maximum Gasteiger partial charge on any atom is 0.339 e. The molecule has 176 valence electrons. The highest BCUT2D eigenvalue weighted by Gasteiger charge is 2.28. The van der Waals surface area contributed by atoms with Crippen LogP contribution in [-0.4, -0.2) is 36.2 Å². The third-order valence-corrected chi connectivity index (χ3v) is 7.26. The Labute approximate surface area is 199 Å². The van der Waals surface area contributed by atoms with Crippen molar-refractivity contribution in [2.75, 3.05) is 17.7 Å². The largest absolute Gasteiger partial charge is 0.452 e. The summed E-state index contributed by atoms with van der Waals surface area (Å²) in [4.78, 5) is 37.9. The van der Waals surface area contributed by atoms with E-state index in [9.17, 15) is 14.4 Å². The number of anilines is 1. The number of amides is 2. The van der Waals surface area contributed by atoms with Crippen LogP contribution in [0.25, 0.3) is 0 Å². The fourth-order valence-electron chi connectivity index (χ4n) is 3.98. The van der Waals surface area contributed by atoms with Gasteiger partial charge in [-0.3, -0.25) is 9.59 Å². The molecule has 2 aromatic rings. The zero-order chi connectivity index (χ0) is 23.8.